The Hall–Kier alpha value is -2.30. The molecule has 1 aromatic heterocycles. The molecule has 1 aliphatic rings. The van der Waals surface area contributed by atoms with E-state index in [0.29, 0.717) is 5.95 Å². The molecule has 0 bridgehead atoms. The van der Waals surface area contributed by atoms with Gasteiger partial charge in [-0.25, -0.2) is 0 Å². The molecule has 0 saturated carbocycles. The molecule has 1 fully saturated rings. The van der Waals surface area contributed by atoms with Gasteiger partial charge in [0.2, 0.25) is 5.95 Å². The molecule has 1 saturated heterocycles. The van der Waals surface area contributed by atoms with E-state index in [2.05, 4.69) is 39.2 Å². The summed E-state index contributed by atoms with van der Waals surface area (Å²) in [5.74, 6) is 1.96. The van der Waals surface area contributed by atoms with Crippen molar-refractivity contribution in [1.29, 1.82) is 0 Å². The van der Waals surface area contributed by atoms with Crippen LogP contribution in [0.1, 0.15) is 18.4 Å². The van der Waals surface area contributed by atoms with Crippen molar-refractivity contribution < 1.29 is 0 Å². The molecule has 2 aromatic rings. The molecule has 0 spiro atoms. The fourth-order valence-corrected chi connectivity index (χ4v) is 2.41. The molecule has 0 atom stereocenters. The Morgan fingerprint density at radius 2 is 1.80 bits per heavy atom. The van der Waals surface area contributed by atoms with Crippen LogP contribution in [-0.2, 0) is 0 Å². The maximum Gasteiger partial charge on any atom is 0.223 e. The standard InChI is InChI=1S/C15H19N5/c1-11-4-6-12(7-5-11)17-13-10-14(19-15(16)18-13)20-8-2-3-9-20/h4-7,10H,2-3,8-9H2,1H3,(H3,16,17,18,19). The minimum absolute atomic E-state index is 0.309. The maximum absolute atomic E-state index is 5.82. The summed E-state index contributed by atoms with van der Waals surface area (Å²) in [7, 11) is 0. The number of benzene rings is 1. The highest BCUT2D eigenvalue weighted by Crippen LogP contribution is 2.23. The number of aromatic nitrogens is 2. The number of hydrogen-bond acceptors (Lipinski definition) is 5. The summed E-state index contributed by atoms with van der Waals surface area (Å²) in [6.45, 7) is 4.15. The van der Waals surface area contributed by atoms with E-state index in [9.17, 15) is 0 Å². The lowest BCUT2D eigenvalue weighted by Gasteiger charge is -2.17. The number of anilines is 4. The van der Waals surface area contributed by atoms with E-state index in [0.717, 1.165) is 30.4 Å². The van der Waals surface area contributed by atoms with Gasteiger partial charge in [-0.3, -0.25) is 0 Å². The van der Waals surface area contributed by atoms with E-state index >= 15 is 0 Å². The van der Waals surface area contributed by atoms with E-state index in [1.54, 1.807) is 0 Å². The Kier molecular flexibility index (Phi) is 3.41. The van der Waals surface area contributed by atoms with Gasteiger partial charge < -0.3 is 16.0 Å². The summed E-state index contributed by atoms with van der Waals surface area (Å²) in [5.41, 5.74) is 8.05. The molecule has 5 nitrogen and oxygen atoms in total. The van der Waals surface area contributed by atoms with Crippen molar-refractivity contribution in [2.75, 3.05) is 29.0 Å². The van der Waals surface area contributed by atoms with E-state index < -0.39 is 0 Å². The van der Waals surface area contributed by atoms with Gasteiger partial charge in [0.25, 0.3) is 0 Å². The normalized spacial score (nSPS) is 14.6. The lowest BCUT2D eigenvalue weighted by molar-refractivity contribution is 0.932. The highest BCUT2D eigenvalue weighted by Gasteiger charge is 2.15. The zero-order valence-electron chi connectivity index (χ0n) is 11.6. The molecule has 0 aliphatic carbocycles. The van der Waals surface area contributed by atoms with Crippen LogP contribution < -0.4 is 16.0 Å². The fraction of sp³-hybridized carbons (Fsp3) is 0.333. The SMILES string of the molecule is Cc1ccc(Nc2cc(N3CCCC3)nc(N)n2)cc1. The molecule has 3 rings (SSSR count). The van der Waals surface area contributed by atoms with Crippen LogP contribution in [-0.4, -0.2) is 23.1 Å². The van der Waals surface area contributed by atoms with Crippen molar-refractivity contribution in [1.82, 2.24) is 9.97 Å². The molecule has 104 valence electrons. The summed E-state index contributed by atoms with van der Waals surface area (Å²) < 4.78 is 0. The second-order valence-electron chi connectivity index (χ2n) is 5.15. The van der Waals surface area contributed by atoms with Crippen molar-refractivity contribution in [3.8, 4) is 0 Å². The molecule has 5 heteroatoms. The van der Waals surface area contributed by atoms with E-state index in [-0.39, 0.29) is 0 Å². The first-order valence-corrected chi connectivity index (χ1v) is 6.94. The summed E-state index contributed by atoms with van der Waals surface area (Å²) in [5, 5.41) is 3.28. The van der Waals surface area contributed by atoms with Crippen molar-refractivity contribution in [3.63, 3.8) is 0 Å². The topological polar surface area (TPSA) is 67.1 Å². The molecule has 2 heterocycles. The Balaban J connectivity index is 1.83. The largest absolute Gasteiger partial charge is 0.368 e. The average Bonchev–Trinajstić information content (AvgIpc) is 2.95. The van der Waals surface area contributed by atoms with Crippen molar-refractivity contribution in [2.24, 2.45) is 0 Å². The average molecular weight is 269 g/mol. The second kappa shape index (κ2) is 5.36. The Morgan fingerprint density at radius 1 is 1.10 bits per heavy atom. The van der Waals surface area contributed by atoms with Gasteiger partial charge in [0.05, 0.1) is 0 Å². The number of aryl methyl sites for hydroxylation is 1. The molecule has 0 radical (unpaired) electrons. The van der Waals surface area contributed by atoms with Crippen LogP contribution in [0.15, 0.2) is 30.3 Å². The van der Waals surface area contributed by atoms with Crippen molar-refractivity contribution in [2.45, 2.75) is 19.8 Å². The number of nitrogens with zero attached hydrogens (tertiary/aromatic N) is 3. The van der Waals surface area contributed by atoms with Crippen LogP contribution in [0.3, 0.4) is 0 Å². The second-order valence-corrected chi connectivity index (χ2v) is 5.15. The van der Waals surface area contributed by atoms with Crippen molar-refractivity contribution >= 4 is 23.3 Å². The molecule has 1 aromatic carbocycles. The van der Waals surface area contributed by atoms with Gasteiger partial charge >= 0.3 is 0 Å². The molecule has 0 amide bonds. The zero-order chi connectivity index (χ0) is 13.9. The summed E-state index contributed by atoms with van der Waals surface area (Å²) in [6, 6.07) is 10.1. The summed E-state index contributed by atoms with van der Waals surface area (Å²) in [6.07, 6.45) is 2.43. The Bertz CT molecular complexity index is 588. The molecular formula is C15H19N5. The number of rotatable bonds is 3. The minimum atomic E-state index is 0.309. The van der Waals surface area contributed by atoms with Gasteiger partial charge in [-0.2, -0.15) is 9.97 Å². The van der Waals surface area contributed by atoms with Crippen LogP contribution in [0, 0.1) is 6.92 Å². The predicted molar refractivity (Wildman–Crippen MR) is 82.4 cm³/mol. The van der Waals surface area contributed by atoms with Crippen LogP contribution in [0.5, 0.6) is 0 Å². The quantitative estimate of drug-likeness (QED) is 0.896. The number of nitrogens with two attached hydrogens (primary N) is 1. The number of nitrogens with one attached hydrogen (secondary N) is 1. The third kappa shape index (κ3) is 2.82. The van der Waals surface area contributed by atoms with Gasteiger partial charge in [-0.15, -0.1) is 0 Å². The monoisotopic (exact) mass is 269 g/mol. The van der Waals surface area contributed by atoms with E-state index in [1.165, 1.54) is 18.4 Å². The van der Waals surface area contributed by atoms with Crippen LogP contribution in [0.25, 0.3) is 0 Å². The number of hydrogen-bond donors (Lipinski definition) is 2. The van der Waals surface area contributed by atoms with Gasteiger partial charge in [0, 0.05) is 24.8 Å². The van der Waals surface area contributed by atoms with Crippen molar-refractivity contribution in [3.05, 3.63) is 35.9 Å². The minimum Gasteiger partial charge on any atom is -0.368 e. The zero-order valence-corrected chi connectivity index (χ0v) is 11.6. The third-order valence-electron chi connectivity index (χ3n) is 3.48. The first-order valence-electron chi connectivity index (χ1n) is 6.94. The molecular weight excluding hydrogens is 250 g/mol. The Labute approximate surface area is 118 Å². The van der Waals surface area contributed by atoms with Gasteiger partial charge in [-0.1, -0.05) is 17.7 Å². The maximum atomic E-state index is 5.82. The highest BCUT2D eigenvalue weighted by atomic mass is 15.2. The first kappa shape index (κ1) is 12.7. The van der Waals surface area contributed by atoms with E-state index in [1.807, 2.05) is 18.2 Å². The summed E-state index contributed by atoms with van der Waals surface area (Å²) in [4.78, 5) is 10.8. The van der Waals surface area contributed by atoms with Gasteiger partial charge in [0.15, 0.2) is 0 Å². The third-order valence-corrected chi connectivity index (χ3v) is 3.48. The lowest BCUT2D eigenvalue weighted by atomic mass is 10.2. The van der Waals surface area contributed by atoms with E-state index in [4.69, 9.17) is 5.73 Å². The highest BCUT2D eigenvalue weighted by molar-refractivity contribution is 5.61. The van der Waals surface area contributed by atoms with Crippen LogP contribution in [0.2, 0.25) is 0 Å². The van der Waals surface area contributed by atoms with Crippen LogP contribution in [0.4, 0.5) is 23.3 Å². The molecule has 1 aliphatic heterocycles. The first-order chi connectivity index (χ1) is 9.70. The smallest absolute Gasteiger partial charge is 0.223 e. The molecule has 3 N–H and O–H groups in total. The summed E-state index contributed by atoms with van der Waals surface area (Å²) >= 11 is 0. The van der Waals surface area contributed by atoms with Gasteiger partial charge in [0.1, 0.15) is 11.6 Å². The predicted octanol–water partition coefficient (Wildman–Crippen LogP) is 2.71. The number of nitrogen functional groups attached to an aromatic ring is 1. The Morgan fingerprint density at radius 3 is 2.50 bits per heavy atom. The van der Waals surface area contributed by atoms with Gasteiger partial charge in [-0.05, 0) is 31.9 Å². The molecule has 20 heavy (non-hydrogen) atoms. The lowest BCUT2D eigenvalue weighted by Crippen LogP contribution is -2.20. The molecule has 0 unspecified atom stereocenters. The fourth-order valence-electron chi connectivity index (χ4n) is 2.41. The van der Waals surface area contributed by atoms with Crippen LogP contribution >= 0.6 is 0 Å².